The van der Waals surface area contributed by atoms with Crippen molar-refractivity contribution in [1.29, 1.82) is 0 Å². The largest absolute Gasteiger partial charge is 0.329 e. The maximum Gasteiger partial charge on any atom is 0.0718 e. The summed E-state index contributed by atoms with van der Waals surface area (Å²) < 4.78 is 1.06. The van der Waals surface area contributed by atoms with Crippen molar-refractivity contribution in [3.8, 4) is 0 Å². The number of benzene rings is 1. The molecule has 0 aliphatic rings. The van der Waals surface area contributed by atoms with Gasteiger partial charge in [-0.2, -0.15) is 10.2 Å². The number of hydrogen-bond acceptors (Lipinski definition) is 3. The molecule has 2 aromatic rings. The highest BCUT2D eigenvalue weighted by Crippen LogP contribution is 2.22. The summed E-state index contributed by atoms with van der Waals surface area (Å²) in [6, 6.07) is 12.0. The van der Waals surface area contributed by atoms with E-state index in [-0.39, 0.29) is 5.92 Å². The minimum Gasteiger partial charge on any atom is -0.329 e. The second-order valence-electron chi connectivity index (χ2n) is 3.49. The molecule has 0 fully saturated rings. The average Bonchev–Trinajstić information content (AvgIpc) is 2.34. The Hall–Kier alpha value is -1.26. The van der Waals surface area contributed by atoms with Crippen LogP contribution in [0.4, 0.5) is 0 Å². The monoisotopic (exact) mass is 277 g/mol. The van der Waals surface area contributed by atoms with Crippen LogP contribution in [0, 0.1) is 0 Å². The van der Waals surface area contributed by atoms with Crippen LogP contribution in [-0.2, 0) is 0 Å². The van der Waals surface area contributed by atoms with Gasteiger partial charge in [-0.3, -0.25) is 0 Å². The SMILES string of the molecule is NCC(c1ccc(Br)cc1)c1cccnn1. The molecule has 1 atom stereocenters. The Bertz CT molecular complexity index is 442. The third kappa shape index (κ3) is 2.46. The minimum atomic E-state index is 0.113. The first-order chi connectivity index (χ1) is 7.81. The van der Waals surface area contributed by atoms with Crippen molar-refractivity contribution >= 4 is 15.9 Å². The van der Waals surface area contributed by atoms with E-state index in [1.54, 1.807) is 6.20 Å². The summed E-state index contributed by atoms with van der Waals surface area (Å²) in [5.74, 6) is 0.113. The number of rotatable bonds is 3. The Morgan fingerprint density at radius 2 is 1.94 bits per heavy atom. The number of halogens is 1. The first kappa shape index (κ1) is 11.2. The van der Waals surface area contributed by atoms with Crippen LogP contribution in [0.2, 0.25) is 0 Å². The van der Waals surface area contributed by atoms with Gasteiger partial charge < -0.3 is 5.73 Å². The molecule has 1 unspecified atom stereocenters. The van der Waals surface area contributed by atoms with Crippen LogP contribution in [0.25, 0.3) is 0 Å². The minimum absolute atomic E-state index is 0.113. The zero-order chi connectivity index (χ0) is 11.4. The van der Waals surface area contributed by atoms with Crippen LogP contribution in [0.3, 0.4) is 0 Å². The molecule has 0 amide bonds. The molecule has 1 heterocycles. The summed E-state index contributed by atoms with van der Waals surface area (Å²) in [5, 5.41) is 7.99. The Morgan fingerprint density at radius 3 is 2.50 bits per heavy atom. The summed E-state index contributed by atoms with van der Waals surface area (Å²) in [6.45, 7) is 0.528. The Kier molecular flexibility index (Phi) is 3.64. The highest BCUT2D eigenvalue weighted by Gasteiger charge is 2.13. The molecule has 4 heteroatoms. The van der Waals surface area contributed by atoms with E-state index in [1.807, 2.05) is 24.3 Å². The Balaban J connectivity index is 2.33. The topological polar surface area (TPSA) is 51.8 Å². The Labute approximate surface area is 103 Å². The van der Waals surface area contributed by atoms with Crippen molar-refractivity contribution in [2.45, 2.75) is 5.92 Å². The normalized spacial score (nSPS) is 12.4. The molecule has 0 saturated heterocycles. The molecule has 0 aliphatic heterocycles. The van der Waals surface area contributed by atoms with Crippen molar-refractivity contribution in [2.24, 2.45) is 5.73 Å². The van der Waals surface area contributed by atoms with Gasteiger partial charge in [0.1, 0.15) is 0 Å². The van der Waals surface area contributed by atoms with E-state index < -0.39 is 0 Å². The van der Waals surface area contributed by atoms with Crippen LogP contribution in [-0.4, -0.2) is 16.7 Å². The number of nitrogens with two attached hydrogens (primary N) is 1. The van der Waals surface area contributed by atoms with Gasteiger partial charge in [-0.05, 0) is 29.8 Å². The molecule has 0 bridgehead atoms. The fraction of sp³-hybridized carbons (Fsp3) is 0.167. The summed E-state index contributed by atoms with van der Waals surface area (Å²) in [6.07, 6.45) is 1.67. The molecule has 0 saturated carbocycles. The van der Waals surface area contributed by atoms with Gasteiger partial charge in [0.05, 0.1) is 5.69 Å². The molecule has 0 radical (unpaired) electrons. The molecule has 2 N–H and O–H groups in total. The van der Waals surface area contributed by atoms with Gasteiger partial charge in [-0.15, -0.1) is 0 Å². The van der Waals surface area contributed by atoms with Crippen LogP contribution < -0.4 is 5.73 Å². The summed E-state index contributed by atoms with van der Waals surface area (Å²) in [4.78, 5) is 0. The van der Waals surface area contributed by atoms with E-state index in [2.05, 4.69) is 38.3 Å². The van der Waals surface area contributed by atoms with Gasteiger partial charge in [0.2, 0.25) is 0 Å². The summed E-state index contributed by atoms with van der Waals surface area (Å²) in [5.41, 5.74) is 7.86. The van der Waals surface area contributed by atoms with Gasteiger partial charge in [0, 0.05) is 23.1 Å². The van der Waals surface area contributed by atoms with E-state index in [0.717, 1.165) is 15.7 Å². The quantitative estimate of drug-likeness (QED) is 0.937. The number of hydrogen-bond donors (Lipinski definition) is 1. The van der Waals surface area contributed by atoms with E-state index in [0.29, 0.717) is 6.54 Å². The number of aromatic nitrogens is 2. The zero-order valence-electron chi connectivity index (χ0n) is 8.68. The van der Waals surface area contributed by atoms with E-state index >= 15 is 0 Å². The maximum atomic E-state index is 5.80. The van der Waals surface area contributed by atoms with Crippen LogP contribution in [0.5, 0.6) is 0 Å². The molecule has 0 spiro atoms. The van der Waals surface area contributed by atoms with Gasteiger partial charge >= 0.3 is 0 Å². The first-order valence-corrected chi connectivity index (χ1v) is 5.83. The predicted octanol–water partition coefficient (Wildman–Crippen LogP) is 2.33. The molecular formula is C12H12BrN3. The van der Waals surface area contributed by atoms with E-state index in [9.17, 15) is 0 Å². The van der Waals surface area contributed by atoms with Crippen LogP contribution in [0.15, 0.2) is 47.1 Å². The van der Waals surface area contributed by atoms with E-state index in [4.69, 9.17) is 5.73 Å². The molecule has 82 valence electrons. The Morgan fingerprint density at radius 1 is 1.19 bits per heavy atom. The molecule has 0 aliphatic carbocycles. The van der Waals surface area contributed by atoms with Crippen molar-refractivity contribution in [3.63, 3.8) is 0 Å². The van der Waals surface area contributed by atoms with Crippen molar-refractivity contribution in [3.05, 3.63) is 58.3 Å². The molecule has 1 aromatic heterocycles. The molecule has 16 heavy (non-hydrogen) atoms. The van der Waals surface area contributed by atoms with Crippen molar-refractivity contribution in [2.75, 3.05) is 6.54 Å². The van der Waals surface area contributed by atoms with E-state index in [1.165, 1.54) is 0 Å². The summed E-state index contributed by atoms with van der Waals surface area (Å²) in [7, 11) is 0. The number of nitrogens with zero attached hydrogens (tertiary/aromatic N) is 2. The third-order valence-electron chi connectivity index (χ3n) is 2.46. The molecule has 1 aromatic carbocycles. The van der Waals surface area contributed by atoms with Crippen molar-refractivity contribution < 1.29 is 0 Å². The van der Waals surface area contributed by atoms with Gasteiger partial charge in [-0.25, -0.2) is 0 Å². The average molecular weight is 278 g/mol. The lowest BCUT2D eigenvalue weighted by Gasteiger charge is -2.13. The predicted molar refractivity (Wildman–Crippen MR) is 67.1 cm³/mol. The zero-order valence-corrected chi connectivity index (χ0v) is 10.3. The fourth-order valence-electron chi connectivity index (χ4n) is 1.62. The van der Waals surface area contributed by atoms with Gasteiger partial charge in [0.25, 0.3) is 0 Å². The second kappa shape index (κ2) is 5.18. The molecular weight excluding hydrogens is 266 g/mol. The lowest BCUT2D eigenvalue weighted by molar-refractivity contribution is 0.760. The maximum absolute atomic E-state index is 5.80. The molecule has 3 nitrogen and oxygen atoms in total. The highest BCUT2D eigenvalue weighted by atomic mass is 79.9. The lowest BCUT2D eigenvalue weighted by Crippen LogP contribution is -2.15. The second-order valence-corrected chi connectivity index (χ2v) is 4.40. The van der Waals surface area contributed by atoms with Gasteiger partial charge in [-0.1, -0.05) is 28.1 Å². The third-order valence-corrected chi connectivity index (χ3v) is 2.99. The highest BCUT2D eigenvalue weighted by molar-refractivity contribution is 9.10. The standard InChI is InChI=1S/C12H12BrN3/c13-10-5-3-9(4-6-10)11(8-14)12-2-1-7-15-16-12/h1-7,11H,8,14H2. The van der Waals surface area contributed by atoms with Crippen molar-refractivity contribution in [1.82, 2.24) is 10.2 Å². The summed E-state index contributed by atoms with van der Waals surface area (Å²) >= 11 is 3.41. The molecule has 2 rings (SSSR count). The smallest absolute Gasteiger partial charge is 0.0718 e. The lowest BCUT2D eigenvalue weighted by atomic mass is 9.96. The van der Waals surface area contributed by atoms with Crippen LogP contribution >= 0.6 is 15.9 Å². The fourth-order valence-corrected chi connectivity index (χ4v) is 1.89. The van der Waals surface area contributed by atoms with Gasteiger partial charge in [0.15, 0.2) is 0 Å². The first-order valence-electron chi connectivity index (χ1n) is 5.04. The van der Waals surface area contributed by atoms with Crippen LogP contribution in [0.1, 0.15) is 17.2 Å².